The highest BCUT2D eigenvalue weighted by atomic mass is 16.4. The summed E-state index contributed by atoms with van der Waals surface area (Å²) >= 11 is 0. The van der Waals surface area contributed by atoms with Crippen LogP contribution in [0.2, 0.25) is 0 Å². The molecule has 0 bridgehead atoms. The molecule has 1 fully saturated rings. The summed E-state index contributed by atoms with van der Waals surface area (Å²) in [6.45, 7) is 7.80. The van der Waals surface area contributed by atoms with Gasteiger partial charge in [-0.05, 0) is 124 Å². The van der Waals surface area contributed by atoms with Crippen LogP contribution in [0.15, 0.2) is 60.7 Å². The number of rotatable bonds is 14. The average Bonchev–Trinajstić information content (AvgIpc) is 3.75. The molecule has 6 rings (SSSR count). The summed E-state index contributed by atoms with van der Waals surface area (Å²) in [4.78, 5) is 42.7. The van der Waals surface area contributed by atoms with Crippen LogP contribution in [0.5, 0.6) is 0 Å². The molecule has 2 atom stereocenters. The minimum absolute atomic E-state index is 0.0210. The van der Waals surface area contributed by atoms with E-state index in [2.05, 4.69) is 51.6 Å². The molecule has 2 aliphatic rings. The van der Waals surface area contributed by atoms with Gasteiger partial charge in [0.2, 0.25) is 0 Å². The Morgan fingerprint density at radius 1 is 1.08 bits per heavy atom. The molecule has 4 heterocycles. The molecule has 51 heavy (non-hydrogen) atoms. The second kappa shape index (κ2) is 17.9. The van der Waals surface area contributed by atoms with E-state index in [9.17, 15) is 19.5 Å². The van der Waals surface area contributed by atoms with Gasteiger partial charge in [0.15, 0.2) is 0 Å². The molecule has 2 unspecified atom stereocenters. The number of hydrogen-bond donors (Lipinski definition) is 4. The molecule has 11 heteroatoms. The minimum Gasteiger partial charge on any atom is -0.481 e. The fraction of sp³-hybridized carbons (Fsp3) is 0.425. The lowest BCUT2D eigenvalue weighted by molar-refractivity contribution is -0.137. The predicted molar refractivity (Wildman–Crippen MR) is 201 cm³/mol. The quantitative estimate of drug-likeness (QED) is 0.102. The Morgan fingerprint density at radius 3 is 2.61 bits per heavy atom. The third-order valence-corrected chi connectivity index (χ3v) is 9.72. The predicted octanol–water partition coefficient (Wildman–Crippen LogP) is 5.32. The van der Waals surface area contributed by atoms with Crippen molar-refractivity contribution in [3.8, 4) is 16.8 Å². The van der Waals surface area contributed by atoms with Gasteiger partial charge in [-0.1, -0.05) is 24.3 Å². The highest BCUT2D eigenvalue weighted by molar-refractivity contribution is 5.94. The lowest BCUT2D eigenvalue weighted by Crippen LogP contribution is -2.28. The zero-order valence-corrected chi connectivity index (χ0v) is 30.0. The highest BCUT2D eigenvalue weighted by Crippen LogP contribution is 2.33. The van der Waals surface area contributed by atoms with Crippen molar-refractivity contribution in [1.29, 1.82) is 0 Å². The topological polar surface area (TPSA) is 155 Å². The van der Waals surface area contributed by atoms with E-state index in [1.165, 1.54) is 12.6 Å². The van der Waals surface area contributed by atoms with Crippen molar-refractivity contribution in [3.63, 3.8) is 0 Å². The Labute approximate surface area is 300 Å². The number of nitrogens with zero attached hydrogens (tertiary/aromatic N) is 4. The lowest BCUT2D eigenvalue weighted by atomic mass is 9.91. The second-order valence-corrected chi connectivity index (χ2v) is 13.5. The van der Waals surface area contributed by atoms with Gasteiger partial charge >= 0.3 is 5.97 Å². The number of pyridine rings is 1. The van der Waals surface area contributed by atoms with E-state index in [0.717, 1.165) is 103 Å². The first-order valence-corrected chi connectivity index (χ1v) is 18.0. The molecule has 5 N–H and O–H groups in total. The molecular formula is C40H51N7O4. The number of carbonyl (C=O) groups is 3. The molecule has 0 radical (unpaired) electrons. The molecule has 0 aliphatic carbocycles. The van der Waals surface area contributed by atoms with Crippen LogP contribution in [0.3, 0.4) is 0 Å². The number of fused-ring (bicyclic) bond motifs is 1. The van der Waals surface area contributed by atoms with Crippen LogP contribution in [0.25, 0.3) is 16.8 Å². The van der Waals surface area contributed by atoms with E-state index in [0.29, 0.717) is 24.6 Å². The van der Waals surface area contributed by atoms with Crippen molar-refractivity contribution in [2.24, 2.45) is 11.7 Å². The molecule has 1 saturated heterocycles. The number of carboxylic acid groups (broad SMARTS) is 1. The van der Waals surface area contributed by atoms with Crippen molar-refractivity contribution < 1.29 is 19.5 Å². The largest absolute Gasteiger partial charge is 0.481 e. The Balaban J connectivity index is 0.00000248. The van der Waals surface area contributed by atoms with Crippen molar-refractivity contribution in [1.82, 2.24) is 25.0 Å². The summed E-state index contributed by atoms with van der Waals surface area (Å²) in [6.07, 6.45) is 6.41. The Morgan fingerprint density at radius 2 is 1.88 bits per heavy atom. The minimum atomic E-state index is -0.823. The maximum Gasteiger partial charge on any atom is 0.304 e. The van der Waals surface area contributed by atoms with Gasteiger partial charge in [0.1, 0.15) is 12.1 Å². The van der Waals surface area contributed by atoms with Gasteiger partial charge in [-0.2, -0.15) is 5.10 Å². The van der Waals surface area contributed by atoms with Gasteiger partial charge in [0.05, 0.1) is 17.8 Å². The summed E-state index contributed by atoms with van der Waals surface area (Å²) < 4.78 is 1.91. The first-order valence-electron chi connectivity index (χ1n) is 18.0. The summed E-state index contributed by atoms with van der Waals surface area (Å²) in [5, 5.41) is 21.0. The van der Waals surface area contributed by atoms with E-state index in [1.54, 1.807) is 12.1 Å². The number of aryl methyl sites for hydroxylation is 4. The highest BCUT2D eigenvalue weighted by Gasteiger charge is 2.27. The monoisotopic (exact) mass is 693 g/mol. The van der Waals surface area contributed by atoms with Gasteiger partial charge < -0.3 is 31.2 Å². The normalized spacial score (nSPS) is 16.0. The number of nitrogens with one attached hydrogen (secondary N) is 2. The molecule has 2 aromatic heterocycles. The van der Waals surface area contributed by atoms with Gasteiger partial charge in [-0.25, -0.2) is 9.67 Å². The number of benzene rings is 2. The first-order chi connectivity index (χ1) is 24.7. The average molecular weight is 694 g/mol. The van der Waals surface area contributed by atoms with Crippen molar-refractivity contribution >= 4 is 24.0 Å². The molecule has 4 aromatic rings. The fourth-order valence-corrected chi connectivity index (χ4v) is 7.19. The summed E-state index contributed by atoms with van der Waals surface area (Å²) in [5.41, 5.74) is 13.0. The van der Waals surface area contributed by atoms with Gasteiger partial charge in [-0.15, -0.1) is 0 Å². The van der Waals surface area contributed by atoms with Crippen LogP contribution in [0.1, 0.15) is 76.6 Å². The Bertz CT molecular complexity index is 1800. The molecule has 11 nitrogen and oxygen atoms in total. The van der Waals surface area contributed by atoms with Crippen molar-refractivity contribution in [2.75, 3.05) is 45.1 Å². The second-order valence-electron chi connectivity index (χ2n) is 13.5. The number of amides is 1. The van der Waals surface area contributed by atoms with E-state index >= 15 is 0 Å². The van der Waals surface area contributed by atoms with Crippen LogP contribution in [0, 0.1) is 19.8 Å². The maximum absolute atomic E-state index is 12.5. The number of aliphatic carboxylic acids is 1. The lowest BCUT2D eigenvalue weighted by Gasteiger charge is -2.24. The third-order valence-electron chi connectivity index (χ3n) is 9.72. The summed E-state index contributed by atoms with van der Waals surface area (Å²) in [5.74, 6) is 0.316. The number of hydrogen-bond acceptors (Lipinski definition) is 8. The number of likely N-dealkylation sites (tertiary alicyclic amines) is 1. The fourth-order valence-electron chi connectivity index (χ4n) is 7.19. The maximum atomic E-state index is 12.5. The molecule has 0 saturated carbocycles. The molecule has 2 aromatic carbocycles. The third kappa shape index (κ3) is 9.89. The van der Waals surface area contributed by atoms with E-state index in [-0.39, 0.29) is 24.7 Å². The van der Waals surface area contributed by atoms with Crippen LogP contribution in [-0.2, 0) is 22.4 Å². The SMILES string of the molecule is CN.Cc1cc(C)n(-c2cc(-c3ccc(C(=O)NCCC=O)cc3)cc(C(CC(=O)O)CN3CCC(CCc4ccc5c(n4)NCCC5)C3)c2)n1. The van der Waals surface area contributed by atoms with Gasteiger partial charge in [0.25, 0.3) is 5.91 Å². The Hall–Kier alpha value is -4.87. The van der Waals surface area contributed by atoms with Gasteiger partial charge in [-0.3, -0.25) is 9.59 Å². The molecular weight excluding hydrogens is 642 g/mol. The van der Waals surface area contributed by atoms with Crippen LogP contribution in [0.4, 0.5) is 5.82 Å². The molecule has 2 aliphatic heterocycles. The number of aldehydes is 1. The summed E-state index contributed by atoms with van der Waals surface area (Å²) in [6, 6.07) is 20.0. The Kier molecular flexibility index (Phi) is 13.1. The number of carboxylic acids is 1. The number of nitrogens with two attached hydrogens (primary N) is 1. The van der Waals surface area contributed by atoms with Crippen LogP contribution >= 0.6 is 0 Å². The standard InChI is InChI=1S/C39H46N6O4.CH5N/c1-26-19-27(2)45(43-26)36-21-32(29-7-9-31(10-8-29)39(49)41-16-4-18-46)20-33(22-36)34(23-37(47)48)25-44-17-14-28(24-44)6-12-35-13-11-30-5-3-15-40-38(30)42-35;1-2/h7-11,13,18-22,28,34H,3-6,12,14-17,23-25H2,1-2H3,(H,40,42)(H,41,49)(H,47,48);2H2,1H3. The molecule has 1 amide bonds. The van der Waals surface area contributed by atoms with Crippen molar-refractivity contribution in [2.45, 2.75) is 64.7 Å². The van der Waals surface area contributed by atoms with Crippen LogP contribution in [-0.4, -0.2) is 82.7 Å². The van der Waals surface area contributed by atoms with Crippen LogP contribution < -0.4 is 16.4 Å². The number of carbonyl (C=O) groups excluding carboxylic acids is 2. The van der Waals surface area contributed by atoms with Gasteiger partial charge in [0, 0.05) is 55.5 Å². The zero-order valence-electron chi connectivity index (χ0n) is 30.0. The smallest absolute Gasteiger partial charge is 0.304 e. The van der Waals surface area contributed by atoms with E-state index in [1.807, 2.05) is 36.7 Å². The number of anilines is 1. The van der Waals surface area contributed by atoms with Crippen molar-refractivity contribution in [3.05, 3.63) is 94.4 Å². The molecule has 0 spiro atoms. The molecule has 270 valence electrons. The van der Waals surface area contributed by atoms with E-state index in [4.69, 9.17) is 10.1 Å². The zero-order chi connectivity index (χ0) is 36.3. The summed E-state index contributed by atoms with van der Waals surface area (Å²) in [7, 11) is 1.50. The first kappa shape index (κ1) is 37.4. The van der Waals surface area contributed by atoms with E-state index < -0.39 is 5.97 Å². The number of aromatic nitrogens is 3.